The molecular formula is C34H47NO2. The molecule has 2 N–H and O–H groups in total. The molecule has 4 aliphatic rings. The molecule has 0 unspecified atom stereocenters. The van der Waals surface area contributed by atoms with Gasteiger partial charge in [0.1, 0.15) is 0 Å². The highest BCUT2D eigenvalue weighted by Crippen LogP contribution is 2.41. The van der Waals surface area contributed by atoms with E-state index in [0.717, 1.165) is 59.1 Å². The van der Waals surface area contributed by atoms with Crippen molar-refractivity contribution in [1.29, 1.82) is 0 Å². The molecule has 0 aromatic heterocycles. The zero-order valence-electron chi connectivity index (χ0n) is 24.0. The van der Waals surface area contributed by atoms with Gasteiger partial charge in [-0.2, -0.15) is 0 Å². The van der Waals surface area contributed by atoms with Crippen LogP contribution in [0.1, 0.15) is 106 Å². The lowest BCUT2D eigenvalue weighted by Crippen LogP contribution is -2.28. The molecule has 0 heterocycles. The number of hydrogen-bond donors (Lipinski definition) is 1. The van der Waals surface area contributed by atoms with Crippen LogP contribution in [0.25, 0.3) is 0 Å². The molecule has 3 heteroatoms. The Balaban J connectivity index is 1.81. The van der Waals surface area contributed by atoms with Crippen LogP contribution in [0.5, 0.6) is 0 Å². The summed E-state index contributed by atoms with van der Waals surface area (Å²) in [6.45, 7) is 12.5. The summed E-state index contributed by atoms with van der Waals surface area (Å²) in [6.07, 6.45) is 22.0. The molecule has 3 nitrogen and oxygen atoms in total. The predicted octanol–water partition coefficient (Wildman–Crippen LogP) is 8.25. The van der Waals surface area contributed by atoms with Crippen LogP contribution in [0.15, 0.2) is 69.5 Å². The third kappa shape index (κ3) is 6.19. The summed E-state index contributed by atoms with van der Waals surface area (Å²) in [7, 11) is 0. The van der Waals surface area contributed by atoms with E-state index in [4.69, 9.17) is 5.73 Å². The van der Waals surface area contributed by atoms with Crippen LogP contribution in [-0.4, -0.2) is 11.6 Å². The highest BCUT2D eigenvalue weighted by molar-refractivity contribution is 6.12. The molecule has 37 heavy (non-hydrogen) atoms. The second-order valence-electron chi connectivity index (χ2n) is 13.7. The average molecular weight is 502 g/mol. The zero-order valence-corrected chi connectivity index (χ0v) is 24.0. The topological polar surface area (TPSA) is 60.2 Å². The SMILES string of the molecule is CC(C)(C)C1=CC(=C(N)C=C2C=C(C3CCCCC3)C(=O)C(C3CCCCC3)=C2)C=C(C(C)(C)C)C1=O. The van der Waals surface area contributed by atoms with Crippen LogP contribution in [-0.2, 0) is 9.59 Å². The standard InChI is InChI=1S/C34H47NO2/c1-33(2,3)28-20-25(21-29(32(28)37)34(4,5)6)30(35)19-22-17-26(23-13-9-7-10-14-23)31(36)27(18-22)24-15-11-8-12-16-24/h17-21,23-24H,7-16,35H2,1-6H3. The Kier molecular flexibility index (Phi) is 8.02. The molecule has 4 rings (SSSR count). The Bertz CT molecular complexity index is 1050. The van der Waals surface area contributed by atoms with Crippen LogP contribution < -0.4 is 5.73 Å². The number of rotatable bonds is 3. The largest absolute Gasteiger partial charge is 0.398 e. The van der Waals surface area contributed by atoms with Gasteiger partial charge in [0.2, 0.25) is 0 Å². The summed E-state index contributed by atoms with van der Waals surface area (Å²) < 4.78 is 0. The molecule has 4 aliphatic carbocycles. The predicted molar refractivity (Wildman–Crippen MR) is 154 cm³/mol. The zero-order chi connectivity index (χ0) is 27.0. The van der Waals surface area contributed by atoms with E-state index in [1.807, 2.05) is 18.2 Å². The minimum absolute atomic E-state index is 0.117. The lowest BCUT2D eigenvalue weighted by atomic mass is 9.71. The van der Waals surface area contributed by atoms with Crippen molar-refractivity contribution < 1.29 is 9.59 Å². The van der Waals surface area contributed by atoms with Gasteiger partial charge in [-0.15, -0.1) is 0 Å². The summed E-state index contributed by atoms with van der Waals surface area (Å²) in [4.78, 5) is 27.1. The van der Waals surface area contributed by atoms with Gasteiger partial charge in [-0.1, -0.05) is 80.1 Å². The molecule has 0 amide bonds. The first-order valence-corrected chi connectivity index (χ1v) is 14.5. The Morgan fingerprint density at radius 3 is 1.46 bits per heavy atom. The van der Waals surface area contributed by atoms with Gasteiger partial charge in [-0.25, -0.2) is 0 Å². The molecule has 0 aromatic rings. The number of carbonyl (C=O) groups excluding carboxylic acids is 2. The van der Waals surface area contributed by atoms with Crippen molar-refractivity contribution in [1.82, 2.24) is 0 Å². The Morgan fingerprint density at radius 2 is 1.08 bits per heavy atom. The third-order valence-corrected chi connectivity index (χ3v) is 8.62. The van der Waals surface area contributed by atoms with E-state index in [-0.39, 0.29) is 22.4 Å². The number of nitrogens with two attached hydrogens (primary N) is 1. The van der Waals surface area contributed by atoms with Gasteiger partial charge in [0.15, 0.2) is 11.6 Å². The first kappa shape index (κ1) is 27.6. The fraction of sp³-hybridized carbons (Fsp3) is 0.588. The molecule has 0 radical (unpaired) electrons. The first-order chi connectivity index (χ1) is 17.4. The van der Waals surface area contributed by atoms with Crippen molar-refractivity contribution >= 4 is 11.6 Å². The summed E-state index contributed by atoms with van der Waals surface area (Å²) in [5.74, 6) is 1.12. The first-order valence-electron chi connectivity index (χ1n) is 14.5. The quantitative estimate of drug-likeness (QED) is 0.423. The van der Waals surface area contributed by atoms with E-state index in [9.17, 15) is 9.59 Å². The van der Waals surface area contributed by atoms with Crippen molar-refractivity contribution in [3.8, 4) is 0 Å². The van der Waals surface area contributed by atoms with Gasteiger partial charge in [0.05, 0.1) is 0 Å². The molecule has 2 saturated carbocycles. The summed E-state index contributed by atoms with van der Waals surface area (Å²) in [6, 6.07) is 0. The van der Waals surface area contributed by atoms with Gasteiger partial charge < -0.3 is 5.73 Å². The third-order valence-electron chi connectivity index (χ3n) is 8.62. The van der Waals surface area contributed by atoms with Crippen molar-refractivity contribution in [2.24, 2.45) is 28.4 Å². The maximum Gasteiger partial charge on any atom is 0.186 e. The van der Waals surface area contributed by atoms with Crippen molar-refractivity contribution in [2.75, 3.05) is 0 Å². The van der Waals surface area contributed by atoms with Gasteiger partial charge in [0.25, 0.3) is 0 Å². The van der Waals surface area contributed by atoms with E-state index >= 15 is 0 Å². The van der Waals surface area contributed by atoms with Crippen LogP contribution in [0.3, 0.4) is 0 Å². The lowest BCUT2D eigenvalue weighted by molar-refractivity contribution is -0.114. The Morgan fingerprint density at radius 1 is 0.676 bits per heavy atom. The summed E-state index contributed by atoms with van der Waals surface area (Å²) in [5.41, 5.74) is 12.4. The van der Waals surface area contributed by atoms with Crippen molar-refractivity contribution in [3.05, 3.63) is 69.5 Å². The fourth-order valence-corrected chi connectivity index (χ4v) is 6.39. The second-order valence-corrected chi connectivity index (χ2v) is 13.7. The molecule has 0 bridgehead atoms. The molecular weight excluding hydrogens is 454 g/mol. The van der Waals surface area contributed by atoms with E-state index in [0.29, 0.717) is 17.5 Å². The molecule has 0 aliphatic heterocycles. The highest BCUT2D eigenvalue weighted by Gasteiger charge is 2.35. The molecule has 200 valence electrons. The summed E-state index contributed by atoms with van der Waals surface area (Å²) in [5, 5.41) is 0. The average Bonchev–Trinajstić information content (AvgIpc) is 2.84. The van der Waals surface area contributed by atoms with Crippen LogP contribution in [0, 0.1) is 22.7 Å². The monoisotopic (exact) mass is 501 g/mol. The minimum atomic E-state index is -0.278. The van der Waals surface area contributed by atoms with E-state index < -0.39 is 0 Å². The molecule has 0 spiro atoms. The maximum absolute atomic E-state index is 13.7. The Labute approximate surface area is 224 Å². The molecule has 2 fully saturated rings. The van der Waals surface area contributed by atoms with Crippen molar-refractivity contribution in [3.63, 3.8) is 0 Å². The highest BCUT2D eigenvalue weighted by atomic mass is 16.1. The number of carbonyl (C=O) groups is 2. The molecule has 0 aromatic carbocycles. The van der Waals surface area contributed by atoms with Gasteiger partial charge >= 0.3 is 0 Å². The molecule has 0 saturated heterocycles. The number of ketones is 2. The van der Waals surface area contributed by atoms with Crippen molar-refractivity contribution in [2.45, 2.75) is 106 Å². The van der Waals surface area contributed by atoms with Gasteiger partial charge in [0, 0.05) is 28.0 Å². The smallest absolute Gasteiger partial charge is 0.186 e. The Hall–Kier alpha value is -2.42. The van der Waals surface area contributed by atoms with Gasteiger partial charge in [-0.05, 0) is 89.9 Å². The van der Waals surface area contributed by atoms with E-state index in [2.05, 4.69) is 53.7 Å². The maximum atomic E-state index is 13.7. The van der Waals surface area contributed by atoms with Crippen LogP contribution >= 0.6 is 0 Å². The van der Waals surface area contributed by atoms with E-state index in [1.54, 1.807) is 0 Å². The number of allylic oxidation sites excluding steroid dienone is 11. The molecule has 0 atom stereocenters. The fourth-order valence-electron chi connectivity index (χ4n) is 6.39. The van der Waals surface area contributed by atoms with Crippen LogP contribution in [0.2, 0.25) is 0 Å². The number of hydrogen-bond acceptors (Lipinski definition) is 3. The normalized spacial score (nSPS) is 22.9. The van der Waals surface area contributed by atoms with Crippen LogP contribution in [0.4, 0.5) is 0 Å². The second kappa shape index (κ2) is 10.8. The number of Topliss-reactive ketones (excluding diaryl/α,β-unsaturated/α-hetero) is 2. The van der Waals surface area contributed by atoms with E-state index in [1.165, 1.54) is 38.5 Å². The van der Waals surface area contributed by atoms with Gasteiger partial charge in [-0.3, -0.25) is 9.59 Å². The summed E-state index contributed by atoms with van der Waals surface area (Å²) >= 11 is 0. The minimum Gasteiger partial charge on any atom is -0.398 e. The lowest BCUT2D eigenvalue weighted by Gasteiger charge is -2.32.